The summed E-state index contributed by atoms with van der Waals surface area (Å²) in [5.74, 6) is 1.76. The molecular weight excluding hydrogens is 378 g/mol. The van der Waals surface area contributed by atoms with Crippen LogP contribution in [0.3, 0.4) is 0 Å². The van der Waals surface area contributed by atoms with Crippen molar-refractivity contribution in [3.05, 3.63) is 62.6 Å². The van der Waals surface area contributed by atoms with Gasteiger partial charge in [0.2, 0.25) is 12.6 Å². The van der Waals surface area contributed by atoms with E-state index >= 15 is 0 Å². The average molecular weight is 410 g/mol. The molecule has 2 aromatic rings. The minimum atomic E-state index is -0.453. The number of ether oxygens (including phenoxy) is 3. The predicted octanol–water partition coefficient (Wildman–Crippen LogP) is 6.62. The van der Waals surface area contributed by atoms with Gasteiger partial charge >= 0.3 is 0 Å². The highest BCUT2D eigenvalue weighted by molar-refractivity contribution is 5.51. The molecule has 0 saturated heterocycles. The van der Waals surface area contributed by atoms with Crippen LogP contribution in [0.5, 0.6) is 11.5 Å². The molecule has 0 N–H and O–H groups in total. The molecule has 2 bridgehead atoms. The lowest BCUT2D eigenvalue weighted by Crippen LogP contribution is -2.31. The second kappa shape index (κ2) is 9.17. The Balaban J connectivity index is 1.58. The van der Waals surface area contributed by atoms with E-state index in [1.165, 1.54) is 30.4 Å². The van der Waals surface area contributed by atoms with Gasteiger partial charge in [-0.3, -0.25) is 4.74 Å². The zero-order chi connectivity index (χ0) is 21.1. The zero-order valence-corrected chi connectivity index (χ0v) is 18.2. The van der Waals surface area contributed by atoms with Crippen molar-refractivity contribution in [3.8, 4) is 11.5 Å². The summed E-state index contributed by atoms with van der Waals surface area (Å²) in [6.45, 7) is 6.78. The number of nitrogens with zero attached hydrogens (tertiary/aromatic N) is 1. The van der Waals surface area contributed by atoms with Gasteiger partial charge in [-0.15, -0.1) is 0 Å². The Morgan fingerprint density at radius 2 is 1.33 bits per heavy atom. The van der Waals surface area contributed by atoms with Gasteiger partial charge in [-0.2, -0.15) is 4.91 Å². The molecule has 2 unspecified atom stereocenters. The van der Waals surface area contributed by atoms with Crippen molar-refractivity contribution in [2.24, 2.45) is 5.18 Å². The quantitative estimate of drug-likeness (QED) is 0.345. The number of nitroso groups, excluding NO2 is 1. The lowest BCUT2D eigenvalue weighted by Gasteiger charge is -2.39. The minimum Gasteiger partial charge on any atom is -0.459 e. The van der Waals surface area contributed by atoms with Crippen molar-refractivity contribution in [3.63, 3.8) is 0 Å². The highest BCUT2D eigenvalue weighted by Crippen LogP contribution is 2.50. The normalized spacial score (nSPS) is 18.8. The van der Waals surface area contributed by atoms with Crippen LogP contribution in [0.25, 0.3) is 0 Å². The summed E-state index contributed by atoms with van der Waals surface area (Å²) in [7, 11) is 0. The molecule has 2 heterocycles. The summed E-state index contributed by atoms with van der Waals surface area (Å²) in [6, 6.07) is 8.71. The van der Waals surface area contributed by atoms with Gasteiger partial charge in [0.25, 0.3) is 0 Å². The first-order chi connectivity index (χ1) is 14.6. The van der Waals surface area contributed by atoms with Gasteiger partial charge in [0.1, 0.15) is 11.5 Å². The lowest BCUT2D eigenvalue weighted by molar-refractivity contribution is -0.228. The molecule has 0 saturated carbocycles. The van der Waals surface area contributed by atoms with Crippen LogP contribution in [0.2, 0.25) is 0 Å². The van der Waals surface area contributed by atoms with Crippen LogP contribution in [0.4, 0.5) is 0 Å². The fourth-order valence-corrected chi connectivity index (χ4v) is 4.46. The summed E-state index contributed by atoms with van der Waals surface area (Å²) in [5.41, 5.74) is 6.70. The highest BCUT2D eigenvalue weighted by Gasteiger charge is 2.39. The van der Waals surface area contributed by atoms with Crippen molar-refractivity contribution in [2.45, 2.75) is 78.3 Å². The monoisotopic (exact) mass is 409 g/mol. The molecule has 2 aliphatic heterocycles. The lowest BCUT2D eigenvalue weighted by atomic mass is 9.96. The molecule has 0 fully saturated rings. The van der Waals surface area contributed by atoms with Crippen LogP contribution in [0, 0.1) is 18.8 Å². The Hall–Kier alpha value is -2.40. The van der Waals surface area contributed by atoms with E-state index in [1.54, 1.807) is 0 Å². The van der Waals surface area contributed by atoms with Crippen LogP contribution >= 0.6 is 0 Å². The van der Waals surface area contributed by atoms with Gasteiger partial charge in [-0.1, -0.05) is 37.1 Å². The second-order valence-corrected chi connectivity index (χ2v) is 8.46. The average Bonchev–Trinajstić information content (AvgIpc) is 2.73. The largest absolute Gasteiger partial charge is 0.459 e. The maximum absolute atomic E-state index is 10.3. The van der Waals surface area contributed by atoms with Gasteiger partial charge in [0.15, 0.2) is 0 Å². The number of hydrogen-bond acceptors (Lipinski definition) is 5. The van der Waals surface area contributed by atoms with E-state index < -0.39 is 12.6 Å². The molecule has 2 aromatic carbocycles. The first-order valence-corrected chi connectivity index (χ1v) is 11.2. The van der Waals surface area contributed by atoms with Crippen molar-refractivity contribution in [1.82, 2.24) is 0 Å². The fourth-order valence-electron chi connectivity index (χ4n) is 4.46. The molecular formula is C25H31NO4. The molecule has 4 rings (SSSR count). The Morgan fingerprint density at radius 3 is 1.83 bits per heavy atom. The van der Waals surface area contributed by atoms with Crippen molar-refractivity contribution < 1.29 is 14.2 Å². The van der Waals surface area contributed by atoms with Crippen molar-refractivity contribution in [1.29, 1.82) is 0 Å². The summed E-state index contributed by atoms with van der Waals surface area (Å²) in [4.78, 5) is 10.3. The molecule has 0 aromatic heterocycles. The SMILES string of the molecule is CCCCCc1cc(C)c2c(c1)C1Oc3c(C)cc(CCCCN=O)cc3C(O2)O1. The third-order valence-electron chi connectivity index (χ3n) is 5.96. The maximum Gasteiger partial charge on any atom is 0.233 e. The fraction of sp³-hybridized carbons (Fsp3) is 0.520. The summed E-state index contributed by atoms with van der Waals surface area (Å²) in [5, 5.41) is 2.94. The molecule has 0 radical (unpaired) electrons. The van der Waals surface area contributed by atoms with Crippen molar-refractivity contribution >= 4 is 0 Å². The van der Waals surface area contributed by atoms with E-state index in [-0.39, 0.29) is 0 Å². The third-order valence-corrected chi connectivity index (χ3v) is 5.96. The topological polar surface area (TPSA) is 57.1 Å². The van der Waals surface area contributed by atoms with Crippen LogP contribution < -0.4 is 9.47 Å². The number of rotatable bonds is 9. The van der Waals surface area contributed by atoms with Crippen LogP contribution in [0.15, 0.2) is 29.4 Å². The maximum atomic E-state index is 10.3. The standard InChI is InChI=1S/C25H31NO4/c1-4-5-6-9-18-12-16(2)22-20(14-18)24-29-23-17(3)13-19(10-7-8-11-26-27)15-21(23)25(28-22)30-24/h12-15,24-25H,4-11H2,1-3H3. The number of aryl methyl sites for hydroxylation is 4. The molecule has 30 heavy (non-hydrogen) atoms. The Bertz CT molecular complexity index is 924. The van der Waals surface area contributed by atoms with Crippen LogP contribution in [-0.4, -0.2) is 6.54 Å². The molecule has 160 valence electrons. The smallest absolute Gasteiger partial charge is 0.233 e. The molecule has 5 nitrogen and oxygen atoms in total. The number of fused-ring (bicyclic) bond motifs is 6. The zero-order valence-electron chi connectivity index (χ0n) is 18.2. The van der Waals surface area contributed by atoms with Gasteiger partial charge in [0.05, 0.1) is 17.7 Å². The van der Waals surface area contributed by atoms with E-state index in [1.807, 2.05) is 0 Å². The van der Waals surface area contributed by atoms with Gasteiger partial charge in [0, 0.05) is 0 Å². The number of benzene rings is 2. The molecule has 5 heteroatoms. The Morgan fingerprint density at radius 1 is 0.800 bits per heavy atom. The van der Waals surface area contributed by atoms with E-state index in [4.69, 9.17) is 14.2 Å². The Labute approximate surface area is 178 Å². The minimum absolute atomic E-state index is 0.375. The van der Waals surface area contributed by atoms with E-state index in [2.05, 4.69) is 50.2 Å². The molecule has 0 amide bonds. The number of hydrogen-bond donors (Lipinski definition) is 0. The van der Waals surface area contributed by atoms with Gasteiger partial charge in [-0.05, 0) is 80.3 Å². The molecule has 0 spiro atoms. The van der Waals surface area contributed by atoms with Gasteiger partial charge < -0.3 is 9.47 Å². The van der Waals surface area contributed by atoms with Gasteiger partial charge in [-0.25, -0.2) is 0 Å². The highest BCUT2D eigenvalue weighted by atomic mass is 16.8. The summed E-state index contributed by atoms with van der Waals surface area (Å²) < 4.78 is 18.8. The first-order valence-electron chi connectivity index (χ1n) is 11.2. The van der Waals surface area contributed by atoms with Crippen molar-refractivity contribution in [2.75, 3.05) is 6.54 Å². The van der Waals surface area contributed by atoms with Crippen LogP contribution in [0.1, 0.15) is 85.0 Å². The number of unbranched alkanes of at least 4 members (excludes halogenated alkanes) is 3. The van der Waals surface area contributed by atoms with Crippen LogP contribution in [-0.2, 0) is 17.6 Å². The predicted molar refractivity (Wildman–Crippen MR) is 117 cm³/mol. The van der Waals surface area contributed by atoms with E-state index in [9.17, 15) is 4.91 Å². The van der Waals surface area contributed by atoms with E-state index in [0.29, 0.717) is 6.54 Å². The Kier molecular flexibility index (Phi) is 6.38. The summed E-state index contributed by atoms with van der Waals surface area (Å²) in [6.07, 6.45) is 6.47. The molecule has 2 atom stereocenters. The summed E-state index contributed by atoms with van der Waals surface area (Å²) >= 11 is 0. The third kappa shape index (κ3) is 4.22. The first kappa shape index (κ1) is 20.9. The molecule has 2 aliphatic rings. The van der Waals surface area contributed by atoms with E-state index in [0.717, 1.165) is 59.4 Å². The molecule has 0 aliphatic carbocycles. The second-order valence-electron chi connectivity index (χ2n) is 8.46.